The molecule has 28 heavy (non-hydrogen) atoms. The number of rotatable bonds is 3. The Labute approximate surface area is 161 Å². The van der Waals surface area contributed by atoms with Gasteiger partial charge in [0.2, 0.25) is 5.95 Å². The van der Waals surface area contributed by atoms with Gasteiger partial charge in [0.1, 0.15) is 12.1 Å². The smallest absolute Gasteiger partial charge is 0.419 e. The summed E-state index contributed by atoms with van der Waals surface area (Å²) in [4.78, 5) is 19.8. The number of halogens is 5. The number of alkyl halides is 5. The van der Waals surface area contributed by atoms with Gasteiger partial charge in [-0.2, -0.15) is 22.0 Å². The Balaban J connectivity index is 2.31. The maximum atomic E-state index is 13.9. The first kappa shape index (κ1) is 19.1. The van der Waals surface area contributed by atoms with Crippen molar-refractivity contribution < 1.29 is 39.0 Å². The SMILES string of the molecule is [2H]C([2H])(Nc1ncc(C(F)(F)F)cn1)[C@@H]1[C@H](C)OC(F)(F)CN1C(=O)OC(C)(C)C. The van der Waals surface area contributed by atoms with Crippen molar-refractivity contribution in [3.05, 3.63) is 18.0 Å². The van der Waals surface area contributed by atoms with Crippen LogP contribution in [0.25, 0.3) is 0 Å². The van der Waals surface area contributed by atoms with Crippen molar-refractivity contribution in [2.75, 3.05) is 18.4 Å². The summed E-state index contributed by atoms with van der Waals surface area (Å²) in [5.41, 5.74) is -2.20. The molecule has 0 spiro atoms. The monoisotopic (exact) mass is 414 g/mol. The fourth-order valence-electron chi connectivity index (χ4n) is 2.30. The van der Waals surface area contributed by atoms with E-state index in [9.17, 15) is 26.7 Å². The Morgan fingerprint density at radius 2 is 1.96 bits per heavy atom. The van der Waals surface area contributed by atoms with E-state index in [2.05, 4.69) is 20.0 Å². The molecule has 2 heterocycles. The number of nitrogens with one attached hydrogen (secondary N) is 1. The van der Waals surface area contributed by atoms with E-state index in [0.717, 1.165) is 6.92 Å². The minimum atomic E-state index is -4.69. The van der Waals surface area contributed by atoms with Crippen LogP contribution in [0, 0.1) is 0 Å². The lowest BCUT2D eigenvalue weighted by Crippen LogP contribution is -2.61. The van der Waals surface area contributed by atoms with Crippen LogP contribution < -0.4 is 5.32 Å². The van der Waals surface area contributed by atoms with Gasteiger partial charge in [-0.25, -0.2) is 14.8 Å². The molecule has 1 aliphatic rings. The molecule has 1 saturated heterocycles. The number of hydrogen-bond donors (Lipinski definition) is 1. The van der Waals surface area contributed by atoms with Crippen LogP contribution in [0.1, 0.15) is 36.0 Å². The average Bonchev–Trinajstić information content (AvgIpc) is 2.50. The summed E-state index contributed by atoms with van der Waals surface area (Å²) in [6.07, 6.45) is -10.3. The minimum Gasteiger partial charge on any atom is -0.444 e. The zero-order valence-corrected chi connectivity index (χ0v) is 15.5. The van der Waals surface area contributed by atoms with E-state index < -0.39 is 60.7 Å². The molecule has 1 aromatic rings. The van der Waals surface area contributed by atoms with Crippen molar-refractivity contribution in [1.82, 2.24) is 14.9 Å². The van der Waals surface area contributed by atoms with Crippen molar-refractivity contribution in [2.24, 2.45) is 0 Å². The average molecular weight is 414 g/mol. The van der Waals surface area contributed by atoms with Crippen LogP contribution in [0.4, 0.5) is 32.7 Å². The first-order valence-electron chi connectivity index (χ1n) is 9.14. The molecule has 1 aliphatic heterocycles. The number of carbonyl (C=O) groups is 1. The van der Waals surface area contributed by atoms with Crippen molar-refractivity contribution in [3.8, 4) is 0 Å². The molecule has 0 unspecified atom stereocenters. The van der Waals surface area contributed by atoms with Crippen LogP contribution in [0.15, 0.2) is 12.4 Å². The van der Waals surface area contributed by atoms with Gasteiger partial charge in [-0.3, -0.25) is 4.90 Å². The van der Waals surface area contributed by atoms with Gasteiger partial charge >= 0.3 is 18.4 Å². The Bertz CT molecular complexity index is 772. The maximum absolute atomic E-state index is 13.9. The van der Waals surface area contributed by atoms with Gasteiger partial charge in [-0.15, -0.1) is 0 Å². The lowest BCUT2D eigenvalue weighted by molar-refractivity contribution is -0.300. The highest BCUT2D eigenvalue weighted by atomic mass is 19.4. The summed E-state index contributed by atoms with van der Waals surface area (Å²) < 4.78 is 91.8. The zero-order valence-electron chi connectivity index (χ0n) is 17.5. The lowest BCUT2D eigenvalue weighted by Gasteiger charge is -2.43. The van der Waals surface area contributed by atoms with Crippen molar-refractivity contribution >= 4 is 12.0 Å². The third-order valence-corrected chi connectivity index (χ3v) is 3.43. The van der Waals surface area contributed by atoms with Crippen LogP contribution in [0.3, 0.4) is 0 Å². The Morgan fingerprint density at radius 3 is 2.46 bits per heavy atom. The summed E-state index contributed by atoms with van der Waals surface area (Å²) in [6, 6.07) is -1.64. The van der Waals surface area contributed by atoms with Crippen molar-refractivity contribution in [3.63, 3.8) is 0 Å². The molecular weight excluding hydrogens is 391 g/mol. The van der Waals surface area contributed by atoms with Crippen LogP contribution in [-0.4, -0.2) is 57.9 Å². The molecule has 0 aliphatic carbocycles. The van der Waals surface area contributed by atoms with E-state index in [1.165, 1.54) is 20.8 Å². The third-order valence-electron chi connectivity index (χ3n) is 3.43. The molecule has 7 nitrogen and oxygen atoms in total. The molecule has 1 N–H and O–H groups in total. The van der Waals surface area contributed by atoms with Crippen LogP contribution >= 0.6 is 0 Å². The fourth-order valence-corrected chi connectivity index (χ4v) is 2.30. The topological polar surface area (TPSA) is 76.6 Å². The molecule has 1 amide bonds. The molecule has 0 radical (unpaired) electrons. The maximum Gasteiger partial charge on any atom is 0.419 e. The van der Waals surface area contributed by atoms with E-state index in [0.29, 0.717) is 17.3 Å². The zero-order chi connectivity index (χ0) is 23.1. The number of carbonyl (C=O) groups excluding carboxylic acids is 1. The summed E-state index contributed by atoms with van der Waals surface area (Å²) in [6.45, 7) is 1.68. The highest BCUT2D eigenvalue weighted by molar-refractivity contribution is 5.69. The van der Waals surface area contributed by atoms with Gasteiger partial charge in [-0.1, -0.05) is 0 Å². The summed E-state index contributed by atoms with van der Waals surface area (Å²) in [7, 11) is 0. The number of nitrogens with zero attached hydrogens (tertiary/aromatic N) is 3. The second-order valence-corrected chi connectivity index (χ2v) is 7.08. The third kappa shape index (κ3) is 5.88. The largest absolute Gasteiger partial charge is 0.444 e. The second-order valence-electron chi connectivity index (χ2n) is 7.08. The Hall–Kier alpha value is -2.24. The molecule has 2 atom stereocenters. The molecule has 1 aromatic heterocycles. The number of hydrogen-bond acceptors (Lipinski definition) is 6. The van der Waals surface area contributed by atoms with Crippen molar-refractivity contribution in [1.29, 1.82) is 0 Å². The van der Waals surface area contributed by atoms with Gasteiger partial charge in [-0.05, 0) is 27.7 Å². The van der Waals surface area contributed by atoms with E-state index >= 15 is 0 Å². The normalized spacial score (nSPS) is 24.2. The molecular formula is C16H21F5N4O3. The van der Waals surface area contributed by atoms with Crippen molar-refractivity contribution in [2.45, 2.75) is 57.7 Å². The number of amides is 1. The number of ether oxygens (including phenoxy) is 2. The van der Waals surface area contributed by atoms with Crippen LogP contribution in [0.2, 0.25) is 0 Å². The quantitative estimate of drug-likeness (QED) is 0.763. The Kier molecular flexibility index (Phi) is 5.21. The molecule has 12 heteroatoms. The van der Waals surface area contributed by atoms with Gasteiger partial charge < -0.3 is 14.8 Å². The highest BCUT2D eigenvalue weighted by Crippen LogP contribution is 2.31. The predicted molar refractivity (Wildman–Crippen MR) is 87.7 cm³/mol. The number of anilines is 1. The van der Waals surface area contributed by atoms with E-state index in [1.807, 2.05) is 0 Å². The highest BCUT2D eigenvalue weighted by Gasteiger charge is 2.48. The molecule has 0 bridgehead atoms. The number of morpholine rings is 1. The molecule has 2 rings (SSSR count). The first-order valence-corrected chi connectivity index (χ1v) is 8.14. The predicted octanol–water partition coefficient (Wildman–Crippen LogP) is 3.52. The van der Waals surface area contributed by atoms with Crippen LogP contribution in [-0.2, 0) is 15.7 Å². The fraction of sp³-hybridized carbons (Fsp3) is 0.688. The van der Waals surface area contributed by atoms with E-state index in [4.69, 9.17) is 7.48 Å². The van der Waals surface area contributed by atoms with E-state index in [-0.39, 0.29) is 0 Å². The summed E-state index contributed by atoms with van der Waals surface area (Å²) >= 11 is 0. The lowest BCUT2D eigenvalue weighted by atomic mass is 10.1. The first-order chi connectivity index (χ1) is 13.4. The second kappa shape index (κ2) is 7.64. The summed E-state index contributed by atoms with van der Waals surface area (Å²) in [5.74, 6) is -0.540. The van der Waals surface area contributed by atoms with Gasteiger partial charge in [0.05, 0.1) is 20.5 Å². The van der Waals surface area contributed by atoms with Crippen LogP contribution in [0.5, 0.6) is 0 Å². The number of aromatic nitrogens is 2. The van der Waals surface area contributed by atoms with Gasteiger partial charge in [0.25, 0.3) is 0 Å². The standard InChI is InChI=1S/C16H21F5N4O3/c1-9-11(7-24-12-22-5-10(6-23-12)16(19,20)21)25(8-15(17,18)27-9)13(26)28-14(2,3)4/h5-6,9,11H,7-8H2,1-4H3,(H,22,23,24)/t9-,11+/m0/s1/i7D2. The Morgan fingerprint density at radius 1 is 1.39 bits per heavy atom. The molecule has 0 saturated carbocycles. The molecule has 0 aromatic carbocycles. The molecule has 1 fully saturated rings. The minimum absolute atomic E-state index is 0.437. The van der Waals surface area contributed by atoms with E-state index in [1.54, 1.807) is 0 Å². The summed E-state index contributed by atoms with van der Waals surface area (Å²) in [5, 5.41) is 2.14. The molecule has 158 valence electrons. The van der Waals surface area contributed by atoms with Gasteiger partial charge in [0, 0.05) is 18.9 Å². The van der Waals surface area contributed by atoms with Gasteiger partial charge in [0.15, 0.2) is 0 Å².